The third-order valence-corrected chi connectivity index (χ3v) is 2.97. The zero-order valence-electron chi connectivity index (χ0n) is 7.76. The van der Waals surface area contributed by atoms with Gasteiger partial charge in [-0.15, -0.1) is 11.8 Å². The molecule has 0 radical (unpaired) electrons. The van der Waals surface area contributed by atoms with Crippen LogP contribution in [-0.4, -0.2) is 20.5 Å². The van der Waals surface area contributed by atoms with Crippen LogP contribution in [0.5, 0.6) is 11.5 Å². The van der Waals surface area contributed by atoms with Gasteiger partial charge in [-0.1, -0.05) is 0 Å². The lowest BCUT2D eigenvalue weighted by Crippen LogP contribution is -1.90. The molecule has 0 unspecified atom stereocenters. The highest BCUT2D eigenvalue weighted by Gasteiger charge is 2.08. The van der Waals surface area contributed by atoms with Gasteiger partial charge in [0.15, 0.2) is 0 Å². The van der Waals surface area contributed by atoms with Crippen molar-refractivity contribution in [3.05, 3.63) is 16.6 Å². The quantitative estimate of drug-likeness (QED) is 0.780. The Kier molecular flexibility index (Phi) is 3.93. The summed E-state index contributed by atoms with van der Waals surface area (Å²) in [5.74, 6) is 1.69. The van der Waals surface area contributed by atoms with E-state index in [1.807, 2.05) is 18.4 Å². The van der Waals surface area contributed by atoms with E-state index in [1.165, 1.54) is 0 Å². The minimum Gasteiger partial charge on any atom is -0.497 e. The third-order valence-electron chi connectivity index (χ3n) is 1.64. The van der Waals surface area contributed by atoms with Crippen molar-refractivity contribution in [2.24, 2.45) is 0 Å². The minimum absolute atomic E-state index is 0.831. The summed E-state index contributed by atoms with van der Waals surface area (Å²) in [4.78, 5) is 1.06. The fraction of sp³-hybridized carbons (Fsp3) is 0.333. The summed E-state index contributed by atoms with van der Waals surface area (Å²) >= 11 is 5.05. The van der Waals surface area contributed by atoms with Gasteiger partial charge in [-0.05, 0) is 34.3 Å². The molecule has 0 saturated heterocycles. The molecular weight excluding hydrogens is 252 g/mol. The molecule has 0 bridgehead atoms. The van der Waals surface area contributed by atoms with Crippen LogP contribution in [0.25, 0.3) is 0 Å². The molecule has 0 aliphatic rings. The number of halogens is 1. The number of ether oxygens (including phenoxy) is 2. The highest BCUT2D eigenvalue weighted by Crippen LogP contribution is 2.38. The SMILES string of the molecule is COc1cc(Br)c(OC)c(SC)c1. The van der Waals surface area contributed by atoms with Crippen LogP contribution in [0, 0.1) is 0 Å². The number of hydrogen-bond donors (Lipinski definition) is 0. The van der Waals surface area contributed by atoms with E-state index in [4.69, 9.17) is 9.47 Å². The van der Waals surface area contributed by atoms with Crippen molar-refractivity contribution in [3.63, 3.8) is 0 Å². The van der Waals surface area contributed by atoms with Crippen molar-refractivity contribution in [2.45, 2.75) is 4.90 Å². The summed E-state index contributed by atoms with van der Waals surface area (Å²) in [5.41, 5.74) is 0. The van der Waals surface area contributed by atoms with E-state index in [9.17, 15) is 0 Å². The first-order valence-electron chi connectivity index (χ1n) is 3.68. The third kappa shape index (κ3) is 2.31. The van der Waals surface area contributed by atoms with Crippen LogP contribution < -0.4 is 9.47 Å². The molecule has 0 atom stereocenters. The van der Waals surface area contributed by atoms with E-state index in [2.05, 4.69) is 15.9 Å². The molecule has 0 aliphatic carbocycles. The lowest BCUT2D eigenvalue weighted by atomic mass is 10.3. The van der Waals surface area contributed by atoms with Crippen molar-refractivity contribution in [3.8, 4) is 11.5 Å². The Bertz CT molecular complexity index is 302. The molecule has 72 valence electrons. The van der Waals surface area contributed by atoms with Crippen LogP contribution in [0.2, 0.25) is 0 Å². The standard InChI is InChI=1S/C9H11BrO2S/c1-11-6-4-7(10)9(12-2)8(5-6)13-3/h4-5H,1-3H3. The molecule has 1 aromatic carbocycles. The van der Waals surface area contributed by atoms with E-state index < -0.39 is 0 Å². The molecule has 0 saturated carbocycles. The summed E-state index contributed by atoms with van der Waals surface area (Å²) in [6, 6.07) is 3.84. The molecule has 4 heteroatoms. The number of methoxy groups -OCH3 is 2. The van der Waals surface area contributed by atoms with Crippen LogP contribution in [0.1, 0.15) is 0 Å². The maximum absolute atomic E-state index is 5.24. The number of benzene rings is 1. The van der Waals surface area contributed by atoms with Gasteiger partial charge in [-0.3, -0.25) is 0 Å². The van der Waals surface area contributed by atoms with Crippen LogP contribution in [0.4, 0.5) is 0 Å². The minimum atomic E-state index is 0.831. The Hall–Kier alpha value is -0.350. The summed E-state index contributed by atoms with van der Waals surface area (Å²) < 4.78 is 11.3. The molecule has 1 aromatic rings. The van der Waals surface area contributed by atoms with Crippen molar-refractivity contribution < 1.29 is 9.47 Å². The van der Waals surface area contributed by atoms with Crippen molar-refractivity contribution in [1.82, 2.24) is 0 Å². The molecule has 0 aliphatic heterocycles. The van der Waals surface area contributed by atoms with E-state index in [1.54, 1.807) is 26.0 Å². The van der Waals surface area contributed by atoms with E-state index in [0.29, 0.717) is 0 Å². The molecule has 0 heterocycles. The normalized spacial score (nSPS) is 9.85. The monoisotopic (exact) mass is 262 g/mol. The topological polar surface area (TPSA) is 18.5 Å². The van der Waals surface area contributed by atoms with Gasteiger partial charge in [0.1, 0.15) is 11.5 Å². The van der Waals surface area contributed by atoms with Gasteiger partial charge in [0.2, 0.25) is 0 Å². The highest BCUT2D eigenvalue weighted by atomic mass is 79.9. The van der Waals surface area contributed by atoms with Crippen LogP contribution in [-0.2, 0) is 0 Å². The van der Waals surface area contributed by atoms with Gasteiger partial charge < -0.3 is 9.47 Å². The lowest BCUT2D eigenvalue weighted by Gasteiger charge is -2.10. The van der Waals surface area contributed by atoms with Crippen LogP contribution >= 0.6 is 27.7 Å². The van der Waals surface area contributed by atoms with Gasteiger partial charge >= 0.3 is 0 Å². The van der Waals surface area contributed by atoms with E-state index in [-0.39, 0.29) is 0 Å². The maximum atomic E-state index is 5.24. The van der Waals surface area contributed by atoms with Crippen LogP contribution in [0.15, 0.2) is 21.5 Å². The Labute approximate surface area is 90.7 Å². The second-order valence-corrected chi connectivity index (χ2v) is 4.05. The predicted molar refractivity (Wildman–Crippen MR) is 59.0 cm³/mol. The average Bonchev–Trinajstić information content (AvgIpc) is 2.16. The van der Waals surface area contributed by atoms with Crippen LogP contribution in [0.3, 0.4) is 0 Å². The number of hydrogen-bond acceptors (Lipinski definition) is 3. The largest absolute Gasteiger partial charge is 0.497 e. The second-order valence-electron chi connectivity index (χ2n) is 2.34. The molecule has 13 heavy (non-hydrogen) atoms. The summed E-state index contributed by atoms with van der Waals surface area (Å²) in [6.45, 7) is 0. The molecule has 0 aromatic heterocycles. The Morgan fingerprint density at radius 1 is 1.23 bits per heavy atom. The van der Waals surface area contributed by atoms with Crippen molar-refractivity contribution in [1.29, 1.82) is 0 Å². The Balaban J connectivity index is 3.20. The highest BCUT2D eigenvalue weighted by molar-refractivity contribution is 9.10. The molecule has 0 fully saturated rings. The summed E-state index contributed by atoms with van der Waals surface area (Å²) in [6.07, 6.45) is 2.00. The van der Waals surface area contributed by atoms with E-state index in [0.717, 1.165) is 20.9 Å². The van der Waals surface area contributed by atoms with Gasteiger partial charge in [0.25, 0.3) is 0 Å². The van der Waals surface area contributed by atoms with Gasteiger partial charge in [0, 0.05) is 0 Å². The number of thioether (sulfide) groups is 1. The van der Waals surface area contributed by atoms with Crippen molar-refractivity contribution in [2.75, 3.05) is 20.5 Å². The zero-order valence-corrected chi connectivity index (χ0v) is 10.2. The zero-order chi connectivity index (χ0) is 9.84. The van der Waals surface area contributed by atoms with Gasteiger partial charge in [-0.25, -0.2) is 0 Å². The van der Waals surface area contributed by atoms with Gasteiger partial charge in [0.05, 0.1) is 23.6 Å². The smallest absolute Gasteiger partial charge is 0.146 e. The molecular formula is C9H11BrO2S. The average molecular weight is 263 g/mol. The molecule has 0 spiro atoms. The van der Waals surface area contributed by atoms with Gasteiger partial charge in [-0.2, -0.15) is 0 Å². The summed E-state index contributed by atoms with van der Waals surface area (Å²) in [5, 5.41) is 0. The predicted octanol–water partition coefficient (Wildman–Crippen LogP) is 3.19. The first kappa shape index (κ1) is 10.7. The molecule has 1 rings (SSSR count). The maximum Gasteiger partial charge on any atom is 0.146 e. The fourth-order valence-electron chi connectivity index (χ4n) is 1.01. The lowest BCUT2D eigenvalue weighted by molar-refractivity contribution is 0.391. The first-order chi connectivity index (χ1) is 6.22. The Morgan fingerprint density at radius 3 is 2.38 bits per heavy atom. The fourth-order valence-corrected chi connectivity index (χ4v) is 2.36. The number of rotatable bonds is 3. The second kappa shape index (κ2) is 4.77. The molecule has 0 amide bonds. The first-order valence-corrected chi connectivity index (χ1v) is 5.70. The molecule has 0 N–H and O–H groups in total. The van der Waals surface area contributed by atoms with E-state index >= 15 is 0 Å². The Morgan fingerprint density at radius 2 is 1.92 bits per heavy atom. The summed E-state index contributed by atoms with van der Waals surface area (Å²) in [7, 11) is 3.31. The molecule has 2 nitrogen and oxygen atoms in total. The van der Waals surface area contributed by atoms with Crippen molar-refractivity contribution >= 4 is 27.7 Å².